The summed E-state index contributed by atoms with van der Waals surface area (Å²) in [5, 5.41) is 0. The van der Waals surface area contributed by atoms with Crippen LogP contribution >= 0.6 is 0 Å². The van der Waals surface area contributed by atoms with Gasteiger partial charge in [-0.1, -0.05) is 18.2 Å². The number of nitrogens with two attached hydrogens (primary N) is 1. The van der Waals surface area contributed by atoms with E-state index in [0.29, 0.717) is 5.69 Å². The standard InChI is InChI=1S/C15H19N3O2S/c1-11-4-3-5-14(18-11)10-17-21(19,20)15-8-6-13(7-9-15)12(2)16/h3-9,12,17H,10,16H2,1-2H3. The van der Waals surface area contributed by atoms with E-state index in [1.54, 1.807) is 30.3 Å². The van der Waals surface area contributed by atoms with Crippen LogP contribution in [0.15, 0.2) is 47.4 Å². The van der Waals surface area contributed by atoms with Gasteiger partial charge < -0.3 is 5.73 Å². The van der Waals surface area contributed by atoms with E-state index in [9.17, 15) is 8.42 Å². The summed E-state index contributed by atoms with van der Waals surface area (Å²) in [5.74, 6) is 0. The molecule has 0 radical (unpaired) electrons. The number of sulfonamides is 1. The lowest BCUT2D eigenvalue weighted by molar-refractivity contribution is 0.580. The highest BCUT2D eigenvalue weighted by atomic mass is 32.2. The van der Waals surface area contributed by atoms with Gasteiger partial charge in [-0.25, -0.2) is 13.1 Å². The molecule has 6 heteroatoms. The van der Waals surface area contributed by atoms with Gasteiger partial charge in [0.15, 0.2) is 0 Å². The van der Waals surface area contributed by atoms with Crippen molar-refractivity contribution >= 4 is 10.0 Å². The highest BCUT2D eigenvalue weighted by molar-refractivity contribution is 7.89. The van der Waals surface area contributed by atoms with Crippen LogP contribution in [0.1, 0.15) is 29.9 Å². The van der Waals surface area contributed by atoms with E-state index in [1.807, 2.05) is 26.0 Å². The van der Waals surface area contributed by atoms with E-state index in [2.05, 4.69) is 9.71 Å². The number of hydrogen-bond acceptors (Lipinski definition) is 4. The van der Waals surface area contributed by atoms with E-state index >= 15 is 0 Å². The summed E-state index contributed by atoms with van der Waals surface area (Å²) in [6.07, 6.45) is 0. The molecule has 0 spiro atoms. The topological polar surface area (TPSA) is 85.1 Å². The second-order valence-electron chi connectivity index (χ2n) is 4.95. The average molecular weight is 305 g/mol. The van der Waals surface area contributed by atoms with Crippen molar-refractivity contribution in [2.24, 2.45) is 5.73 Å². The fourth-order valence-corrected chi connectivity index (χ4v) is 2.90. The van der Waals surface area contributed by atoms with Crippen molar-refractivity contribution in [1.29, 1.82) is 0 Å². The van der Waals surface area contributed by atoms with Crippen molar-refractivity contribution in [3.05, 3.63) is 59.4 Å². The van der Waals surface area contributed by atoms with E-state index in [-0.39, 0.29) is 17.5 Å². The van der Waals surface area contributed by atoms with Crippen LogP contribution in [0.4, 0.5) is 0 Å². The normalized spacial score (nSPS) is 13.1. The Balaban J connectivity index is 2.11. The highest BCUT2D eigenvalue weighted by Crippen LogP contribution is 2.14. The lowest BCUT2D eigenvalue weighted by atomic mass is 10.1. The van der Waals surface area contributed by atoms with E-state index in [4.69, 9.17) is 5.73 Å². The average Bonchev–Trinajstić information content (AvgIpc) is 2.45. The smallest absolute Gasteiger partial charge is 0.240 e. The van der Waals surface area contributed by atoms with Crippen LogP contribution in [0.2, 0.25) is 0 Å². The van der Waals surface area contributed by atoms with Gasteiger partial charge in [-0.15, -0.1) is 0 Å². The molecule has 0 aliphatic carbocycles. The first-order valence-electron chi connectivity index (χ1n) is 6.66. The number of aryl methyl sites for hydroxylation is 1. The zero-order chi connectivity index (χ0) is 15.5. The number of nitrogens with one attached hydrogen (secondary N) is 1. The molecule has 1 unspecified atom stereocenters. The summed E-state index contributed by atoms with van der Waals surface area (Å²) < 4.78 is 26.9. The van der Waals surface area contributed by atoms with Crippen LogP contribution in [0.3, 0.4) is 0 Å². The molecule has 0 aliphatic rings. The Morgan fingerprint density at radius 3 is 2.43 bits per heavy atom. The number of nitrogens with zero attached hydrogens (tertiary/aromatic N) is 1. The van der Waals surface area contributed by atoms with Gasteiger partial charge in [-0.05, 0) is 43.7 Å². The maximum absolute atomic E-state index is 12.2. The molecule has 0 amide bonds. The molecular weight excluding hydrogens is 286 g/mol. The molecule has 0 saturated carbocycles. The van der Waals surface area contributed by atoms with Gasteiger partial charge in [0.05, 0.1) is 17.1 Å². The van der Waals surface area contributed by atoms with Gasteiger partial charge in [0, 0.05) is 11.7 Å². The van der Waals surface area contributed by atoms with E-state index < -0.39 is 10.0 Å². The maximum atomic E-state index is 12.2. The van der Waals surface area contributed by atoms with E-state index in [0.717, 1.165) is 11.3 Å². The molecule has 1 aromatic heterocycles. The van der Waals surface area contributed by atoms with Crippen LogP contribution in [0.5, 0.6) is 0 Å². The number of benzene rings is 1. The van der Waals surface area contributed by atoms with Crippen molar-refractivity contribution in [3.63, 3.8) is 0 Å². The Bertz CT molecular complexity index is 710. The molecular formula is C15H19N3O2S. The third-order valence-electron chi connectivity index (χ3n) is 3.11. The van der Waals surface area contributed by atoms with E-state index in [1.165, 1.54) is 0 Å². The molecule has 2 aromatic rings. The fraction of sp³-hybridized carbons (Fsp3) is 0.267. The first-order valence-corrected chi connectivity index (χ1v) is 8.14. The molecule has 2 rings (SSSR count). The predicted molar refractivity (Wildman–Crippen MR) is 82.0 cm³/mol. The molecule has 0 bridgehead atoms. The summed E-state index contributed by atoms with van der Waals surface area (Å²) in [4.78, 5) is 4.49. The fourth-order valence-electron chi connectivity index (χ4n) is 1.90. The zero-order valence-corrected chi connectivity index (χ0v) is 12.9. The van der Waals surface area contributed by atoms with Crippen molar-refractivity contribution in [3.8, 4) is 0 Å². The van der Waals surface area contributed by atoms with Gasteiger partial charge in [-0.2, -0.15) is 0 Å². The van der Waals surface area contributed by atoms with Crippen LogP contribution in [-0.2, 0) is 16.6 Å². The van der Waals surface area contributed by atoms with Crippen molar-refractivity contribution in [1.82, 2.24) is 9.71 Å². The predicted octanol–water partition coefficient (Wildman–Crippen LogP) is 1.89. The van der Waals surface area contributed by atoms with Gasteiger partial charge in [0.2, 0.25) is 10.0 Å². The highest BCUT2D eigenvalue weighted by Gasteiger charge is 2.14. The molecule has 21 heavy (non-hydrogen) atoms. The lowest BCUT2D eigenvalue weighted by Gasteiger charge is -2.09. The van der Waals surface area contributed by atoms with Gasteiger partial charge in [0.1, 0.15) is 0 Å². The molecule has 112 valence electrons. The summed E-state index contributed by atoms with van der Waals surface area (Å²) in [7, 11) is -3.54. The van der Waals surface area contributed by atoms with Crippen molar-refractivity contribution in [2.45, 2.75) is 31.3 Å². The minimum atomic E-state index is -3.54. The SMILES string of the molecule is Cc1cccc(CNS(=O)(=O)c2ccc(C(C)N)cc2)n1. The largest absolute Gasteiger partial charge is 0.324 e. The zero-order valence-electron chi connectivity index (χ0n) is 12.1. The van der Waals surface area contributed by atoms with Gasteiger partial charge >= 0.3 is 0 Å². The molecule has 0 saturated heterocycles. The summed E-state index contributed by atoms with van der Waals surface area (Å²) in [5.41, 5.74) is 8.19. The number of rotatable bonds is 5. The minimum absolute atomic E-state index is 0.119. The monoisotopic (exact) mass is 305 g/mol. The Hall–Kier alpha value is -1.76. The van der Waals surface area contributed by atoms with Crippen LogP contribution in [0.25, 0.3) is 0 Å². The third kappa shape index (κ3) is 4.10. The Morgan fingerprint density at radius 1 is 1.19 bits per heavy atom. The number of pyridine rings is 1. The van der Waals surface area contributed by atoms with Gasteiger partial charge in [-0.3, -0.25) is 4.98 Å². The second kappa shape index (κ2) is 6.34. The maximum Gasteiger partial charge on any atom is 0.240 e. The lowest BCUT2D eigenvalue weighted by Crippen LogP contribution is -2.23. The minimum Gasteiger partial charge on any atom is -0.324 e. The summed E-state index contributed by atoms with van der Waals surface area (Å²) in [6, 6.07) is 12.0. The number of aromatic nitrogens is 1. The van der Waals surface area contributed by atoms with Crippen LogP contribution in [-0.4, -0.2) is 13.4 Å². The second-order valence-corrected chi connectivity index (χ2v) is 6.72. The molecule has 1 aromatic carbocycles. The summed E-state index contributed by atoms with van der Waals surface area (Å²) in [6.45, 7) is 3.88. The Kier molecular flexibility index (Phi) is 4.72. The molecule has 0 aliphatic heterocycles. The molecule has 3 N–H and O–H groups in total. The van der Waals surface area contributed by atoms with Crippen LogP contribution < -0.4 is 10.5 Å². The first kappa shape index (κ1) is 15.6. The molecule has 0 fully saturated rings. The van der Waals surface area contributed by atoms with Crippen molar-refractivity contribution in [2.75, 3.05) is 0 Å². The third-order valence-corrected chi connectivity index (χ3v) is 4.52. The summed E-state index contributed by atoms with van der Waals surface area (Å²) >= 11 is 0. The molecule has 1 atom stereocenters. The molecule has 5 nitrogen and oxygen atoms in total. The molecule has 1 heterocycles. The van der Waals surface area contributed by atoms with Crippen LogP contribution in [0, 0.1) is 6.92 Å². The Morgan fingerprint density at radius 2 is 1.86 bits per heavy atom. The number of hydrogen-bond donors (Lipinski definition) is 2. The quantitative estimate of drug-likeness (QED) is 0.883. The van der Waals surface area contributed by atoms with Crippen molar-refractivity contribution < 1.29 is 8.42 Å². The Labute approximate surface area is 125 Å². The van der Waals surface area contributed by atoms with Gasteiger partial charge in [0.25, 0.3) is 0 Å². The first-order chi connectivity index (χ1) is 9.88.